The minimum absolute atomic E-state index is 0.107. The molecule has 128 valence electrons. The summed E-state index contributed by atoms with van der Waals surface area (Å²) < 4.78 is 5.30. The largest absolute Gasteiger partial charge is 0.494 e. The highest BCUT2D eigenvalue weighted by Crippen LogP contribution is 2.24. The summed E-state index contributed by atoms with van der Waals surface area (Å²) >= 11 is 0. The Bertz CT molecular complexity index is 877. The lowest BCUT2D eigenvalue weighted by atomic mass is 10.2. The number of carboxylic acid groups (broad SMARTS) is 1. The summed E-state index contributed by atoms with van der Waals surface area (Å²) in [6.07, 6.45) is 0. The number of aromatic nitrogens is 3. The van der Waals surface area contributed by atoms with E-state index < -0.39 is 5.97 Å². The van der Waals surface area contributed by atoms with E-state index in [4.69, 9.17) is 4.74 Å². The summed E-state index contributed by atoms with van der Waals surface area (Å²) in [6.45, 7) is 0.520. The first kappa shape index (κ1) is 16.5. The molecule has 1 N–H and O–H groups in total. The molecule has 0 aliphatic rings. The molecule has 0 atom stereocenters. The van der Waals surface area contributed by atoms with Crippen LogP contribution in [0.4, 0.5) is 5.82 Å². The van der Waals surface area contributed by atoms with E-state index in [1.54, 1.807) is 31.2 Å². The van der Waals surface area contributed by atoms with E-state index in [9.17, 15) is 9.90 Å². The van der Waals surface area contributed by atoms with Gasteiger partial charge in [0, 0.05) is 13.6 Å². The first-order valence-electron chi connectivity index (χ1n) is 7.69. The predicted octanol–water partition coefficient (Wildman–Crippen LogP) is 2.61. The highest BCUT2D eigenvalue weighted by atomic mass is 16.5. The molecule has 7 nitrogen and oxygen atoms in total. The molecule has 1 aromatic heterocycles. The van der Waals surface area contributed by atoms with E-state index in [0.717, 1.165) is 5.56 Å². The van der Waals surface area contributed by atoms with Crippen molar-refractivity contribution in [1.29, 1.82) is 0 Å². The van der Waals surface area contributed by atoms with Crippen LogP contribution < -0.4 is 9.64 Å². The van der Waals surface area contributed by atoms with Crippen molar-refractivity contribution in [2.75, 3.05) is 19.1 Å². The van der Waals surface area contributed by atoms with Crippen molar-refractivity contribution < 1.29 is 14.6 Å². The van der Waals surface area contributed by atoms with Crippen LogP contribution in [0, 0.1) is 0 Å². The van der Waals surface area contributed by atoms with Crippen molar-refractivity contribution in [3.05, 3.63) is 65.9 Å². The van der Waals surface area contributed by atoms with Gasteiger partial charge in [-0.3, -0.25) is 0 Å². The Kier molecular flexibility index (Phi) is 4.65. The molecule has 0 unspecified atom stereocenters. The third-order valence-corrected chi connectivity index (χ3v) is 3.72. The highest BCUT2D eigenvalue weighted by Gasteiger charge is 2.22. The number of rotatable bonds is 6. The fraction of sp³-hybridized carbons (Fsp3) is 0.167. The third-order valence-electron chi connectivity index (χ3n) is 3.72. The Balaban J connectivity index is 1.99. The van der Waals surface area contributed by atoms with Gasteiger partial charge in [-0.05, 0) is 17.7 Å². The lowest BCUT2D eigenvalue weighted by Gasteiger charge is -2.16. The Morgan fingerprint density at radius 2 is 1.80 bits per heavy atom. The number of methoxy groups -OCH3 is 1. The summed E-state index contributed by atoms with van der Waals surface area (Å²) in [7, 11) is 3.33. The third kappa shape index (κ3) is 3.45. The zero-order valence-electron chi connectivity index (χ0n) is 14.0. The number of carbonyl (C=O) groups is 1. The van der Waals surface area contributed by atoms with Crippen LogP contribution in [0.1, 0.15) is 16.1 Å². The van der Waals surface area contributed by atoms with Crippen LogP contribution in [0.25, 0.3) is 5.69 Å². The Morgan fingerprint density at radius 3 is 2.48 bits per heavy atom. The molecule has 0 radical (unpaired) electrons. The van der Waals surface area contributed by atoms with Crippen molar-refractivity contribution in [2.24, 2.45) is 0 Å². The van der Waals surface area contributed by atoms with Crippen LogP contribution >= 0.6 is 0 Å². The SMILES string of the molecule is COc1ccccc1-n1nc(C(=O)O)c(N(C)Cc2ccccc2)n1. The van der Waals surface area contributed by atoms with Gasteiger partial charge in [-0.2, -0.15) is 0 Å². The highest BCUT2D eigenvalue weighted by molar-refractivity contribution is 5.91. The molecule has 0 spiro atoms. The second kappa shape index (κ2) is 7.04. The summed E-state index contributed by atoms with van der Waals surface area (Å²) in [4.78, 5) is 14.7. The first-order chi connectivity index (χ1) is 12.1. The predicted molar refractivity (Wildman–Crippen MR) is 93.4 cm³/mol. The van der Waals surface area contributed by atoms with E-state index in [1.807, 2.05) is 42.5 Å². The second-order valence-electron chi connectivity index (χ2n) is 5.48. The van der Waals surface area contributed by atoms with Gasteiger partial charge in [0.15, 0.2) is 5.82 Å². The Hall–Kier alpha value is -3.35. The molecule has 0 fully saturated rings. The van der Waals surface area contributed by atoms with Crippen LogP contribution in [0.3, 0.4) is 0 Å². The van der Waals surface area contributed by atoms with Crippen LogP contribution in [0.15, 0.2) is 54.6 Å². The molecule has 3 aromatic rings. The minimum Gasteiger partial charge on any atom is -0.494 e. The fourth-order valence-corrected chi connectivity index (χ4v) is 2.53. The molecule has 2 aromatic carbocycles. The quantitative estimate of drug-likeness (QED) is 0.744. The monoisotopic (exact) mass is 338 g/mol. The van der Waals surface area contributed by atoms with Crippen molar-refractivity contribution in [1.82, 2.24) is 15.0 Å². The van der Waals surface area contributed by atoms with Crippen LogP contribution in [0.5, 0.6) is 5.75 Å². The molecule has 0 aliphatic heterocycles. The fourth-order valence-electron chi connectivity index (χ4n) is 2.53. The van der Waals surface area contributed by atoms with E-state index in [0.29, 0.717) is 23.8 Å². The zero-order valence-corrected chi connectivity index (χ0v) is 14.0. The maximum Gasteiger partial charge on any atom is 0.360 e. The number of hydrogen-bond donors (Lipinski definition) is 1. The molecule has 7 heteroatoms. The Labute approximate surface area is 145 Å². The van der Waals surface area contributed by atoms with Crippen molar-refractivity contribution in [3.8, 4) is 11.4 Å². The van der Waals surface area contributed by atoms with Gasteiger partial charge < -0.3 is 14.7 Å². The molecule has 0 amide bonds. The summed E-state index contributed by atoms with van der Waals surface area (Å²) in [5.74, 6) is -0.273. The average Bonchev–Trinajstić information content (AvgIpc) is 3.08. The second-order valence-corrected chi connectivity index (χ2v) is 5.48. The average molecular weight is 338 g/mol. The number of nitrogens with zero attached hydrogens (tertiary/aromatic N) is 4. The molecule has 25 heavy (non-hydrogen) atoms. The van der Waals surface area contributed by atoms with E-state index >= 15 is 0 Å². The molecule has 0 bridgehead atoms. The summed E-state index contributed by atoms with van der Waals surface area (Å²) in [5, 5.41) is 18.0. The maximum absolute atomic E-state index is 11.6. The smallest absolute Gasteiger partial charge is 0.360 e. The van der Waals surface area contributed by atoms with Crippen LogP contribution in [-0.2, 0) is 6.54 Å². The minimum atomic E-state index is -1.13. The van der Waals surface area contributed by atoms with Gasteiger partial charge in [0.2, 0.25) is 5.69 Å². The number of aromatic carboxylic acids is 1. The first-order valence-corrected chi connectivity index (χ1v) is 7.69. The number of para-hydroxylation sites is 2. The number of carboxylic acids is 1. The van der Waals surface area contributed by atoms with E-state index in [-0.39, 0.29) is 5.69 Å². The van der Waals surface area contributed by atoms with Gasteiger partial charge >= 0.3 is 5.97 Å². The zero-order chi connectivity index (χ0) is 17.8. The molecular weight excluding hydrogens is 320 g/mol. The molecule has 3 rings (SSSR count). The summed E-state index contributed by atoms with van der Waals surface area (Å²) in [6, 6.07) is 16.9. The van der Waals surface area contributed by atoms with Crippen molar-refractivity contribution in [2.45, 2.75) is 6.54 Å². The topological polar surface area (TPSA) is 80.5 Å². The van der Waals surface area contributed by atoms with Gasteiger partial charge in [-0.15, -0.1) is 15.0 Å². The van der Waals surface area contributed by atoms with E-state index in [2.05, 4.69) is 10.2 Å². The van der Waals surface area contributed by atoms with Crippen molar-refractivity contribution in [3.63, 3.8) is 0 Å². The number of anilines is 1. The molecule has 0 saturated heterocycles. The van der Waals surface area contributed by atoms with Crippen LogP contribution in [0.2, 0.25) is 0 Å². The van der Waals surface area contributed by atoms with Gasteiger partial charge in [-0.25, -0.2) is 4.79 Å². The van der Waals surface area contributed by atoms with Gasteiger partial charge in [-0.1, -0.05) is 42.5 Å². The van der Waals surface area contributed by atoms with Crippen molar-refractivity contribution >= 4 is 11.8 Å². The van der Waals surface area contributed by atoms with Gasteiger partial charge in [0.25, 0.3) is 0 Å². The standard InChI is InChI=1S/C18H18N4O3/c1-21(12-13-8-4-3-5-9-13)17-16(18(23)24)19-22(20-17)14-10-6-7-11-15(14)25-2/h3-11H,12H2,1-2H3,(H,23,24). The normalized spacial score (nSPS) is 10.5. The van der Waals surface area contributed by atoms with Crippen LogP contribution in [-0.4, -0.2) is 40.2 Å². The van der Waals surface area contributed by atoms with E-state index in [1.165, 1.54) is 4.80 Å². The molecule has 0 saturated carbocycles. The number of ether oxygens (including phenoxy) is 1. The molecule has 0 aliphatic carbocycles. The lowest BCUT2D eigenvalue weighted by molar-refractivity contribution is 0.0690. The van der Waals surface area contributed by atoms with Gasteiger partial charge in [0.1, 0.15) is 11.4 Å². The molecular formula is C18H18N4O3. The number of benzene rings is 2. The van der Waals surface area contributed by atoms with Gasteiger partial charge in [0.05, 0.1) is 7.11 Å². The molecule has 1 heterocycles. The summed E-state index contributed by atoms with van der Waals surface area (Å²) in [5.41, 5.74) is 1.52. The number of hydrogen-bond acceptors (Lipinski definition) is 5. The maximum atomic E-state index is 11.6. The lowest BCUT2D eigenvalue weighted by Crippen LogP contribution is -2.19. The Morgan fingerprint density at radius 1 is 1.12 bits per heavy atom.